The smallest absolute Gasteiger partial charge is 0.320 e. The van der Waals surface area contributed by atoms with Crippen molar-refractivity contribution in [2.24, 2.45) is 11.8 Å². The van der Waals surface area contributed by atoms with Crippen molar-refractivity contribution in [2.75, 3.05) is 32.8 Å². The SMILES string of the molecule is O=C(O)C1CCN(C(=O)N2CCC(CO)C2)CC1. The molecule has 2 heterocycles. The van der Waals surface area contributed by atoms with Crippen molar-refractivity contribution in [3.63, 3.8) is 0 Å². The number of aliphatic hydroxyl groups is 1. The van der Waals surface area contributed by atoms with Gasteiger partial charge >= 0.3 is 12.0 Å². The Labute approximate surface area is 106 Å². The number of urea groups is 1. The predicted octanol–water partition coefficient (Wildman–Crippen LogP) is 0.217. The third-order valence-corrected chi connectivity index (χ3v) is 3.93. The van der Waals surface area contributed by atoms with Gasteiger partial charge in [0.05, 0.1) is 5.92 Å². The highest BCUT2D eigenvalue weighted by Crippen LogP contribution is 2.21. The fourth-order valence-electron chi connectivity index (χ4n) is 2.67. The Bertz CT molecular complexity index is 326. The molecular weight excluding hydrogens is 236 g/mol. The molecule has 0 aliphatic carbocycles. The van der Waals surface area contributed by atoms with E-state index in [4.69, 9.17) is 10.2 Å². The van der Waals surface area contributed by atoms with E-state index in [1.165, 1.54) is 0 Å². The molecule has 2 N–H and O–H groups in total. The van der Waals surface area contributed by atoms with E-state index < -0.39 is 5.97 Å². The van der Waals surface area contributed by atoms with E-state index in [0.29, 0.717) is 39.0 Å². The quantitative estimate of drug-likeness (QED) is 0.740. The molecule has 0 saturated carbocycles. The number of hydrogen-bond acceptors (Lipinski definition) is 3. The van der Waals surface area contributed by atoms with E-state index >= 15 is 0 Å². The van der Waals surface area contributed by atoms with Crippen molar-refractivity contribution in [2.45, 2.75) is 19.3 Å². The van der Waals surface area contributed by atoms with Gasteiger partial charge in [-0.15, -0.1) is 0 Å². The number of likely N-dealkylation sites (tertiary alicyclic amines) is 2. The van der Waals surface area contributed by atoms with Gasteiger partial charge in [0, 0.05) is 38.7 Å². The number of rotatable bonds is 2. The van der Waals surface area contributed by atoms with Crippen LogP contribution in [0, 0.1) is 11.8 Å². The zero-order valence-corrected chi connectivity index (χ0v) is 10.4. The fourth-order valence-corrected chi connectivity index (χ4v) is 2.67. The lowest BCUT2D eigenvalue weighted by atomic mass is 9.97. The second-order valence-corrected chi connectivity index (χ2v) is 5.17. The molecule has 2 aliphatic rings. The molecule has 0 bridgehead atoms. The Balaban J connectivity index is 1.83. The van der Waals surface area contributed by atoms with Crippen LogP contribution in [0.3, 0.4) is 0 Å². The molecule has 102 valence electrons. The molecule has 0 aromatic carbocycles. The van der Waals surface area contributed by atoms with Crippen molar-refractivity contribution in [1.82, 2.24) is 9.80 Å². The number of carbonyl (C=O) groups is 2. The monoisotopic (exact) mass is 256 g/mol. The Morgan fingerprint density at radius 1 is 1.06 bits per heavy atom. The lowest BCUT2D eigenvalue weighted by molar-refractivity contribution is -0.143. The topological polar surface area (TPSA) is 81.1 Å². The van der Waals surface area contributed by atoms with Crippen LogP contribution in [0.4, 0.5) is 4.79 Å². The molecule has 6 nitrogen and oxygen atoms in total. The Hall–Kier alpha value is -1.30. The van der Waals surface area contributed by atoms with Crippen LogP contribution in [0.25, 0.3) is 0 Å². The van der Waals surface area contributed by atoms with Gasteiger partial charge in [-0.1, -0.05) is 0 Å². The molecule has 2 aliphatic heterocycles. The highest BCUT2D eigenvalue weighted by Gasteiger charge is 2.32. The normalized spacial score (nSPS) is 25.5. The summed E-state index contributed by atoms with van der Waals surface area (Å²) in [5, 5.41) is 18.0. The predicted molar refractivity (Wildman–Crippen MR) is 64.1 cm³/mol. The van der Waals surface area contributed by atoms with Crippen molar-refractivity contribution in [1.29, 1.82) is 0 Å². The van der Waals surface area contributed by atoms with E-state index in [2.05, 4.69) is 0 Å². The first-order valence-corrected chi connectivity index (χ1v) is 6.49. The van der Waals surface area contributed by atoms with Crippen molar-refractivity contribution < 1.29 is 19.8 Å². The summed E-state index contributed by atoms with van der Waals surface area (Å²) in [5.41, 5.74) is 0. The van der Waals surface area contributed by atoms with Gasteiger partial charge in [-0.2, -0.15) is 0 Å². The van der Waals surface area contributed by atoms with Crippen LogP contribution in [-0.2, 0) is 4.79 Å². The molecule has 1 unspecified atom stereocenters. The number of aliphatic hydroxyl groups excluding tert-OH is 1. The van der Waals surface area contributed by atoms with Crippen LogP contribution in [0.2, 0.25) is 0 Å². The molecule has 2 fully saturated rings. The third-order valence-electron chi connectivity index (χ3n) is 3.93. The number of amides is 2. The second kappa shape index (κ2) is 5.56. The fraction of sp³-hybridized carbons (Fsp3) is 0.833. The minimum atomic E-state index is -0.761. The number of aliphatic carboxylic acids is 1. The molecule has 0 spiro atoms. The van der Waals surface area contributed by atoms with Gasteiger partial charge in [0.15, 0.2) is 0 Å². The summed E-state index contributed by atoms with van der Waals surface area (Å²) in [6.45, 7) is 2.49. The van der Waals surface area contributed by atoms with E-state index in [0.717, 1.165) is 6.42 Å². The molecule has 0 aromatic rings. The second-order valence-electron chi connectivity index (χ2n) is 5.17. The van der Waals surface area contributed by atoms with E-state index in [9.17, 15) is 9.59 Å². The van der Waals surface area contributed by atoms with Crippen LogP contribution in [-0.4, -0.2) is 64.8 Å². The first-order valence-electron chi connectivity index (χ1n) is 6.49. The maximum absolute atomic E-state index is 12.2. The maximum atomic E-state index is 12.2. The summed E-state index contributed by atoms with van der Waals surface area (Å²) in [5.74, 6) is -0.869. The van der Waals surface area contributed by atoms with Gasteiger partial charge < -0.3 is 20.0 Å². The minimum Gasteiger partial charge on any atom is -0.481 e. The van der Waals surface area contributed by atoms with Crippen molar-refractivity contribution in [3.05, 3.63) is 0 Å². The summed E-state index contributed by atoms with van der Waals surface area (Å²) < 4.78 is 0. The molecule has 0 aromatic heterocycles. The lowest BCUT2D eigenvalue weighted by Gasteiger charge is -2.33. The summed E-state index contributed by atoms with van der Waals surface area (Å²) in [6, 6.07) is -0.00483. The van der Waals surface area contributed by atoms with Crippen LogP contribution in [0.15, 0.2) is 0 Å². The van der Waals surface area contributed by atoms with Gasteiger partial charge in [0.1, 0.15) is 0 Å². The average Bonchev–Trinajstić information content (AvgIpc) is 2.86. The van der Waals surface area contributed by atoms with Crippen LogP contribution in [0.5, 0.6) is 0 Å². The zero-order chi connectivity index (χ0) is 13.1. The number of hydrogen-bond donors (Lipinski definition) is 2. The molecule has 0 radical (unpaired) electrons. The number of piperidine rings is 1. The summed E-state index contributed by atoms with van der Waals surface area (Å²) in [6.07, 6.45) is 1.94. The van der Waals surface area contributed by atoms with Crippen molar-refractivity contribution in [3.8, 4) is 0 Å². The Morgan fingerprint density at radius 2 is 1.67 bits per heavy atom. The van der Waals surface area contributed by atoms with Crippen molar-refractivity contribution >= 4 is 12.0 Å². The van der Waals surface area contributed by atoms with Gasteiger partial charge in [-0.05, 0) is 19.3 Å². The number of nitrogens with zero attached hydrogens (tertiary/aromatic N) is 2. The summed E-state index contributed by atoms with van der Waals surface area (Å²) in [7, 11) is 0. The molecule has 18 heavy (non-hydrogen) atoms. The van der Waals surface area contributed by atoms with Gasteiger partial charge in [0.2, 0.25) is 0 Å². The Morgan fingerprint density at radius 3 is 2.17 bits per heavy atom. The number of carboxylic acid groups (broad SMARTS) is 1. The van der Waals surface area contributed by atoms with E-state index in [1.54, 1.807) is 9.80 Å². The first kappa shape index (κ1) is 13.1. The number of carboxylic acids is 1. The van der Waals surface area contributed by atoms with Gasteiger partial charge in [0.25, 0.3) is 0 Å². The molecule has 1 atom stereocenters. The Kier molecular flexibility index (Phi) is 4.06. The first-order chi connectivity index (χ1) is 8.61. The van der Waals surface area contributed by atoms with Gasteiger partial charge in [-0.25, -0.2) is 4.79 Å². The minimum absolute atomic E-state index is 0.00483. The molecule has 2 rings (SSSR count). The molecule has 6 heteroatoms. The largest absolute Gasteiger partial charge is 0.481 e. The number of carbonyl (C=O) groups excluding carboxylic acids is 1. The maximum Gasteiger partial charge on any atom is 0.320 e. The zero-order valence-electron chi connectivity index (χ0n) is 10.4. The molecule has 2 amide bonds. The van der Waals surface area contributed by atoms with Crippen LogP contribution < -0.4 is 0 Å². The standard InChI is InChI=1S/C12H20N2O4/c15-8-9-1-4-14(7-9)12(18)13-5-2-10(3-6-13)11(16)17/h9-10,15H,1-8H2,(H,16,17). The van der Waals surface area contributed by atoms with Crippen LogP contribution >= 0.6 is 0 Å². The molecule has 2 saturated heterocycles. The lowest BCUT2D eigenvalue weighted by Crippen LogP contribution is -2.46. The summed E-state index contributed by atoms with van der Waals surface area (Å²) in [4.78, 5) is 26.5. The molecular formula is C12H20N2O4. The van der Waals surface area contributed by atoms with Gasteiger partial charge in [-0.3, -0.25) is 4.79 Å². The third kappa shape index (κ3) is 2.75. The average molecular weight is 256 g/mol. The highest BCUT2D eigenvalue weighted by molar-refractivity contribution is 5.75. The van der Waals surface area contributed by atoms with Crippen LogP contribution in [0.1, 0.15) is 19.3 Å². The van der Waals surface area contributed by atoms with E-state index in [1.807, 2.05) is 0 Å². The highest BCUT2D eigenvalue weighted by atomic mass is 16.4. The summed E-state index contributed by atoms with van der Waals surface area (Å²) >= 11 is 0. The van der Waals surface area contributed by atoms with E-state index in [-0.39, 0.29) is 24.5 Å².